The number of fused-ring (bicyclic) bond motifs is 1. The molecule has 0 atom stereocenters. The Bertz CT molecular complexity index is 1300. The molecular weight excluding hydrogens is 366 g/mol. The SMILES string of the molecule is CNc1c(-c2ccccc2)c(-c2ccccc2)cc2nc(-c3ccccc3)n(C)c12. The number of nitrogens with zero attached hydrogens (tertiary/aromatic N) is 2. The van der Waals surface area contributed by atoms with E-state index < -0.39 is 0 Å². The fourth-order valence-electron chi connectivity index (χ4n) is 4.22. The van der Waals surface area contributed by atoms with E-state index in [2.05, 4.69) is 108 Å². The maximum atomic E-state index is 5.04. The number of nitrogens with one attached hydrogen (secondary N) is 1. The summed E-state index contributed by atoms with van der Waals surface area (Å²) in [6, 6.07) is 33.7. The van der Waals surface area contributed by atoms with Gasteiger partial charge in [-0.1, -0.05) is 91.0 Å². The summed E-state index contributed by atoms with van der Waals surface area (Å²) in [5.74, 6) is 0.964. The minimum Gasteiger partial charge on any atom is -0.386 e. The highest BCUT2D eigenvalue weighted by atomic mass is 15.1. The van der Waals surface area contributed by atoms with Crippen LogP contribution in [0.4, 0.5) is 5.69 Å². The monoisotopic (exact) mass is 389 g/mol. The molecule has 1 N–H and O–H groups in total. The van der Waals surface area contributed by atoms with Crippen LogP contribution in [-0.4, -0.2) is 16.6 Å². The zero-order valence-corrected chi connectivity index (χ0v) is 17.1. The van der Waals surface area contributed by atoms with Crippen molar-refractivity contribution in [3.63, 3.8) is 0 Å². The first-order valence-corrected chi connectivity index (χ1v) is 10.2. The molecule has 0 spiro atoms. The first-order chi connectivity index (χ1) is 14.8. The molecule has 0 radical (unpaired) electrons. The highest BCUT2D eigenvalue weighted by Crippen LogP contribution is 2.43. The lowest BCUT2D eigenvalue weighted by atomic mass is 9.92. The van der Waals surface area contributed by atoms with Gasteiger partial charge in [-0.2, -0.15) is 0 Å². The highest BCUT2D eigenvalue weighted by molar-refractivity contribution is 6.06. The van der Waals surface area contributed by atoms with Crippen molar-refractivity contribution >= 4 is 16.7 Å². The first kappa shape index (κ1) is 18.2. The number of rotatable bonds is 4. The van der Waals surface area contributed by atoms with Gasteiger partial charge >= 0.3 is 0 Å². The van der Waals surface area contributed by atoms with Gasteiger partial charge in [0, 0.05) is 25.2 Å². The second kappa shape index (κ2) is 7.53. The third kappa shape index (κ3) is 2.96. The molecule has 3 nitrogen and oxygen atoms in total. The van der Waals surface area contributed by atoms with E-state index in [0.717, 1.165) is 28.1 Å². The van der Waals surface area contributed by atoms with Crippen LogP contribution in [0.2, 0.25) is 0 Å². The van der Waals surface area contributed by atoms with Crippen molar-refractivity contribution < 1.29 is 0 Å². The molecule has 0 aliphatic carbocycles. The van der Waals surface area contributed by atoms with E-state index >= 15 is 0 Å². The van der Waals surface area contributed by atoms with Crippen molar-refractivity contribution in [1.29, 1.82) is 0 Å². The maximum absolute atomic E-state index is 5.04. The van der Waals surface area contributed by atoms with Crippen LogP contribution in [0, 0.1) is 0 Å². The molecule has 0 aliphatic rings. The normalized spacial score (nSPS) is 11.0. The van der Waals surface area contributed by atoms with Crippen LogP contribution < -0.4 is 5.32 Å². The quantitative estimate of drug-likeness (QED) is 0.374. The minimum absolute atomic E-state index is 0.964. The lowest BCUT2D eigenvalue weighted by Gasteiger charge is -2.17. The molecule has 1 aromatic heterocycles. The first-order valence-electron chi connectivity index (χ1n) is 10.2. The highest BCUT2D eigenvalue weighted by Gasteiger charge is 2.20. The Hall–Kier alpha value is -3.85. The van der Waals surface area contributed by atoms with Gasteiger partial charge in [0.15, 0.2) is 0 Å². The van der Waals surface area contributed by atoms with E-state index in [1.165, 1.54) is 22.3 Å². The van der Waals surface area contributed by atoms with E-state index in [-0.39, 0.29) is 0 Å². The molecular formula is C27H23N3. The lowest BCUT2D eigenvalue weighted by Crippen LogP contribution is -2.00. The molecule has 1 heterocycles. The molecule has 0 saturated heterocycles. The third-order valence-corrected chi connectivity index (χ3v) is 5.59. The van der Waals surface area contributed by atoms with Crippen molar-refractivity contribution in [2.45, 2.75) is 0 Å². The number of aryl methyl sites for hydroxylation is 1. The molecule has 0 amide bonds. The summed E-state index contributed by atoms with van der Waals surface area (Å²) in [5, 5.41) is 3.49. The fraction of sp³-hybridized carbons (Fsp3) is 0.0741. The van der Waals surface area contributed by atoms with Gasteiger partial charge in [-0.15, -0.1) is 0 Å². The Morgan fingerprint density at radius 3 is 1.80 bits per heavy atom. The average molecular weight is 390 g/mol. The Morgan fingerprint density at radius 1 is 0.700 bits per heavy atom. The molecule has 5 rings (SSSR count). The van der Waals surface area contributed by atoms with Crippen LogP contribution in [-0.2, 0) is 7.05 Å². The van der Waals surface area contributed by atoms with E-state index in [4.69, 9.17) is 4.98 Å². The zero-order chi connectivity index (χ0) is 20.5. The number of anilines is 1. The predicted molar refractivity (Wildman–Crippen MR) is 127 cm³/mol. The van der Waals surface area contributed by atoms with Crippen molar-refractivity contribution in [1.82, 2.24) is 9.55 Å². The Labute approximate surface area is 176 Å². The number of hydrogen-bond acceptors (Lipinski definition) is 2. The molecule has 0 aliphatic heterocycles. The summed E-state index contributed by atoms with van der Waals surface area (Å²) in [5.41, 5.74) is 9.03. The van der Waals surface area contributed by atoms with Gasteiger partial charge in [-0.25, -0.2) is 4.98 Å². The standard InChI is InChI=1S/C27H23N3/c1-28-25-24(20-14-8-4-9-15-20)22(19-12-6-3-7-13-19)18-23-26(25)30(2)27(29-23)21-16-10-5-11-17-21/h3-18,28H,1-2H3. The summed E-state index contributed by atoms with van der Waals surface area (Å²) in [7, 11) is 4.08. The second-order valence-corrected chi connectivity index (χ2v) is 7.38. The average Bonchev–Trinajstić information content (AvgIpc) is 3.16. The predicted octanol–water partition coefficient (Wildman–Crippen LogP) is 6.62. The van der Waals surface area contributed by atoms with Crippen molar-refractivity contribution in [2.24, 2.45) is 7.05 Å². The number of benzene rings is 4. The van der Waals surface area contributed by atoms with Gasteiger partial charge in [0.05, 0.1) is 16.7 Å². The maximum Gasteiger partial charge on any atom is 0.140 e. The van der Waals surface area contributed by atoms with Crippen LogP contribution in [0.5, 0.6) is 0 Å². The van der Waals surface area contributed by atoms with Gasteiger partial charge in [-0.05, 0) is 22.8 Å². The summed E-state index contributed by atoms with van der Waals surface area (Å²) >= 11 is 0. The van der Waals surface area contributed by atoms with Crippen LogP contribution in [0.15, 0.2) is 97.1 Å². The topological polar surface area (TPSA) is 29.9 Å². The lowest BCUT2D eigenvalue weighted by molar-refractivity contribution is 0.960. The Morgan fingerprint density at radius 2 is 1.23 bits per heavy atom. The van der Waals surface area contributed by atoms with Crippen molar-refractivity contribution in [2.75, 3.05) is 12.4 Å². The van der Waals surface area contributed by atoms with Crippen LogP contribution in [0.25, 0.3) is 44.7 Å². The molecule has 5 aromatic rings. The van der Waals surface area contributed by atoms with Gasteiger partial charge in [-0.3, -0.25) is 0 Å². The summed E-state index contributed by atoms with van der Waals surface area (Å²) in [4.78, 5) is 5.04. The molecule has 0 fully saturated rings. The van der Waals surface area contributed by atoms with Crippen LogP contribution in [0.1, 0.15) is 0 Å². The molecule has 0 saturated carbocycles. The van der Waals surface area contributed by atoms with Gasteiger partial charge in [0.1, 0.15) is 5.82 Å². The molecule has 146 valence electrons. The zero-order valence-electron chi connectivity index (χ0n) is 17.1. The van der Waals surface area contributed by atoms with E-state index in [1.54, 1.807) is 0 Å². The molecule has 0 unspecified atom stereocenters. The minimum atomic E-state index is 0.964. The Balaban J connectivity index is 1.89. The van der Waals surface area contributed by atoms with Gasteiger partial charge < -0.3 is 9.88 Å². The van der Waals surface area contributed by atoms with Crippen LogP contribution >= 0.6 is 0 Å². The van der Waals surface area contributed by atoms with Gasteiger partial charge in [0.25, 0.3) is 0 Å². The van der Waals surface area contributed by atoms with E-state index in [9.17, 15) is 0 Å². The molecule has 4 aromatic carbocycles. The second-order valence-electron chi connectivity index (χ2n) is 7.38. The Kier molecular flexibility index (Phi) is 4.56. The molecule has 30 heavy (non-hydrogen) atoms. The largest absolute Gasteiger partial charge is 0.386 e. The van der Waals surface area contributed by atoms with Gasteiger partial charge in [0.2, 0.25) is 0 Å². The van der Waals surface area contributed by atoms with Crippen molar-refractivity contribution in [3.05, 3.63) is 97.1 Å². The van der Waals surface area contributed by atoms with Crippen molar-refractivity contribution in [3.8, 4) is 33.6 Å². The summed E-state index contributed by atoms with van der Waals surface area (Å²) in [6.45, 7) is 0. The smallest absolute Gasteiger partial charge is 0.140 e. The number of aromatic nitrogens is 2. The fourth-order valence-corrected chi connectivity index (χ4v) is 4.22. The summed E-state index contributed by atoms with van der Waals surface area (Å²) in [6.07, 6.45) is 0. The molecule has 3 heteroatoms. The number of imidazole rings is 1. The van der Waals surface area contributed by atoms with Crippen LogP contribution in [0.3, 0.4) is 0 Å². The summed E-state index contributed by atoms with van der Waals surface area (Å²) < 4.78 is 2.19. The van der Waals surface area contributed by atoms with E-state index in [0.29, 0.717) is 0 Å². The molecule has 0 bridgehead atoms. The third-order valence-electron chi connectivity index (χ3n) is 5.59. The van der Waals surface area contributed by atoms with E-state index in [1.807, 2.05) is 13.1 Å². The number of hydrogen-bond donors (Lipinski definition) is 1.